The van der Waals surface area contributed by atoms with Crippen LogP contribution in [0.15, 0.2) is 48.2 Å². The van der Waals surface area contributed by atoms with Crippen molar-refractivity contribution < 1.29 is 28.5 Å². The van der Waals surface area contributed by atoms with E-state index in [-0.39, 0.29) is 5.78 Å². The molecule has 2 aromatic carbocycles. The van der Waals surface area contributed by atoms with Crippen molar-refractivity contribution in [3.63, 3.8) is 0 Å². The molecule has 0 fully saturated rings. The van der Waals surface area contributed by atoms with Gasteiger partial charge in [-0.15, -0.1) is 0 Å². The van der Waals surface area contributed by atoms with Gasteiger partial charge in [0.05, 0.1) is 20.3 Å². The molecular formula is C21H20N2O6. The Morgan fingerprint density at radius 1 is 1.00 bits per heavy atom. The summed E-state index contributed by atoms with van der Waals surface area (Å²) in [5.41, 5.74) is 1.51. The van der Waals surface area contributed by atoms with Crippen LogP contribution in [0.25, 0.3) is 0 Å². The van der Waals surface area contributed by atoms with E-state index in [0.29, 0.717) is 52.9 Å². The van der Waals surface area contributed by atoms with E-state index in [1.165, 1.54) is 13.3 Å². The highest BCUT2D eigenvalue weighted by Gasteiger charge is 2.30. The van der Waals surface area contributed by atoms with Crippen molar-refractivity contribution in [1.82, 2.24) is 10.6 Å². The number of hydrogen-bond donors (Lipinski definition) is 2. The van der Waals surface area contributed by atoms with Crippen molar-refractivity contribution in [2.45, 2.75) is 6.04 Å². The maximum Gasteiger partial charge on any atom is 0.319 e. The Morgan fingerprint density at radius 2 is 1.76 bits per heavy atom. The minimum atomic E-state index is -0.649. The van der Waals surface area contributed by atoms with E-state index in [2.05, 4.69) is 10.6 Å². The van der Waals surface area contributed by atoms with Gasteiger partial charge in [-0.05, 0) is 35.9 Å². The molecule has 2 amide bonds. The minimum absolute atomic E-state index is 0.241. The SMILES string of the molecule is COc1ccc(C2NC(=O)NC=C2C(=O)c2ccc3c(c2)OCCO3)cc1OC. The zero-order chi connectivity index (χ0) is 20.4. The van der Waals surface area contributed by atoms with Crippen molar-refractivity contribution >= 4 is 11.8 Å². The summed E-state index contributed by atoms with van der Waals surface area (Å²) in [5, 5.41) is 5.34. The second-order valence-corrected chi connectivity index (χ2v) is 6.45. The Labute approximate surface area is 167 Å². The Morgan fingerprint density at radius 3 is 2.52 bits per heavy atom. The van der Waals surface area contributed by atoms with Crippen molar-refractivity contribution in [3.05, 3.63) is 59.3 Å². The molecule has 0 spiro atoms. The third kappa shape index (κ3) is 3.56. The second kappa shape index (κ2) is 7.75. The number of Topliss-reactive ketones (excluding diaryl/α,β-unsaturated/α-hetero) is 1. The molecule has 0 saturated heterocycles. The zero-order valence-corrected chi connectivity index (χ0v) is 16.0. The minimum Gasteiger partial charge on any atom is -0.493 e. The lowest BCUT2D eigenvalue weighted by atomic mass is 9.91. The van der Waals surface area contributed by atoms with Gasteiger partial charge in [0, 0.05) is 17.3 Å². The third-order valence-electron chi connectivity index (χ3n) is 4.75. The number of carbonyl (C=O) groups is 2. The predicted molar refractivity (Wildman–Crippen MR) is 104 cm³/mol. The summed E-state index contributed by atoms with van der Waals surface area (Å²) in [4.78, 5) is 25.2. The lowest BCUT2D eigenvalue weighted by Gasteiger charge is -2.26. The van der Waals surface area contributed by atoms with E-state index in [9.17, 15) is 9.59 Å². The van der Waals surface area contributed by atoms with E-state index in [1.807, 2.05) is 0 Å². The summed E-state index contributed by atoms with van der Waals surface area (Å²) in [7, 11) is 3.07. The Hall–Kier alpha value is -3.68. The van der Waals surface area contributed by atoms with E-state index in [0.717, 1.165) is 0 Å². The van der Waals surface area contributed by atoms with Gasteiger partial charge >= 0.3 is 6.03 Å². The highest BCUT2D eigenvalue weighted by atomic mass is 16.6. The maximum absolute atomic E-state index is 13.2. The lowest BCUT2D eigenvalue weighted by Crippen LogP contribution is -2.42. The summed E-state index contributed by atoms with van der Waals surface area (Å²) in [5.74, 6) is 1.95. The van der Waals surface area contributed by atoms with E-state index < -0.39 is 12.1 Å². The maximum atomic E-state index is 13.2. The first-order chi connectivity index (χ1) is 14.1. The third-order valence-corrected chi connectivity index (χ3v) is 4.75. The summed E-state index contributed by atoms with van der Waals surface area (Å²) in [6.07, 6.45) is 1.43. The molecule has 4 rings (SSSR count). The van der Waals surface area contributed by atoms with Gasteiger partial charge in [0.1, 0.15) is 13.2 Å². The van der Waals surface area contributed by atoms with Gasteiger partial charge in [-0.1, -0.05) is 6.07 Å². The fraction of sp³-hybridized carbons (Fsp3) is 0.238. The molecular weight excluding hydrogens is 376 g/mol. The molecule has 8 nitrogen and oxygen atoms in total. The zero-order valence-electron chi connectivity index (χ0n) is 16.0. The standard InChI is InChI=1S/C21H20N2O6/c1-26-15-5-3-12(9-17(15)27-2)19-14(11-22-21(25)23-19)20(24)13-4-6-16-18(10-13)29-8-7-28-16/h3-6,9-11,19H,7-8H2,1-2H3,(H2,22,23,25). The number of hydrogen-bond acceptors (Lipinski definition) is 6. The number of ether oxygens (including phenoxy) is 4. The number of ketones is 1. The normalized spacial score (nSPS) is 17.5. The van der Waals surface area contributed by atoms with Crippen LogP contribution in [0.5, 0.6) is 23.0 Å². The fourth-order valence-corrected chi connectivity index (χ4v) is 3.32. The van der Waals surface area contributed by atoms with Gasteiger partial charge in [-0.25, -0.2) is 4.79 Å². The average molecular weight is 396 g/mol. The first kappa shape index (κ1) is 18.7. The number of benzene rings is 2. The first-order valence-electron chi connectivity index (χ1n) is 9.04. The summed E-state index contributed by atoms with van der Waals surface area (Å²) in [6.45, 7) is 0.905. The van der Waals surface area contributed by atoms with E-state index in [4.69, 9.17) is 18.9 Å². The van der Waals surface area contributed by atoms with Gasteiger partial charge in [0.2, 0.25) is 0 Å². The summed E-state index contributed by atoms with van der Waals surface area (Å²) in [6, 6.07) is 9.24. The highest BCUT2D eigenvalue weighted by molar-refractivity contribution is 6.11. The number of amides is 2. The predicted octanol–water partition coefficient (Wildman–Crippen LogP) is 2.60. The van der Waals surface area contributed by atoms with Crippen molar-refractivity contribution in [2.75, 3.05) is 27.4 Å². The lowest BCUT2D eigenvalue weighted by molar-refractivity contribution is 0.102. The van der Waals surface area contributed by atoms with Crippen LogP contribution in [-0.2, 0) is 0 Å². The largest absolute Gasteiger partial charge is 0.493 e. The van der Waals surface area contributed by atoms with Gasteiger partial charge in [0.15, 0.2) is 28.8 Å². The number of methoxy groups -OCH3 is 2. The molecule has 1 atom stereocenters. The number of fused-ring (bicyclic) bond motifs is 1. The van der Waals surface area contributed by atoms with Crippen LogP contribution in [0, 0.1) is 0 Å². The van der Waals surface area contributed by atoms with Crippen LogP contribution in [0.1, 0.15) is 22.0 Å². The van der Waals surface area contributed by atoms with Crippen LogP contribution < -0.4 is 29.6 Å². The molecule has 1 unspecified atom stereocenters. The van der Waals surface area contributed by atoms with Gasteiger partial charge in [0.25, 0.3) is 0 Å². The second-order valence-electron chi connectivity index (χ2n) is 6.45. The molecule has 29 heavy (non-hydrogen) atoms. The number of carbonyl (C=O) groups excluding carboxylic acids is 2. The molecule has 0 aliphatic carbocycles. The van der Waals surface area contributed by atoms with Crippen molar-refractivity contribution in [1.29, 1.82) is 0 Å². The number of rotatable bonds is 5. The molecule has 0 radical (unpaired) electrons. The van der Waals surface area contributed by atoms with E-state index in [1.54, 1.807) is 43.5 Å². The molecule has 2 aliphatic rings. The van der Waals surface area contributed by atoms with Crippen LogP contribution in [-0.4, -0.2) is 39.2 Å². The van der Waals surface area contributed by atoms with Gasteiger partial charge in [-0.3, -0.25) is 4.79 Å². The molecule has 2 N–H and O–H groups in total. The average Bonchev–Trinajstić information content (AvgIpc) is 2.77. The molecule has 2 heterocycles. The Bertz CT molecular complexity index is 1000. The van der Waals surface area contributed by atoms with E-state index >= 15 is 0 Å². The number of nitrogens with one attached hydrogen (secondary N) is 2. The molecule has 150 valence electrons. The van der Waals surface area contributed by atoms with Crippen LogP contribution in [0.3, 0.4) is 0 Å². The van der Waals surface area contributed by atoms with Crippen LogP contribution >= 0.6 is 0 Å². The van der Waals surface area contributed by atoms with Crippen molar-refractivity contribution in [2.24, 2.45) is 0 Å². The molecule has 0 saturated carbocycles. The smallest absolute Gasteiger partial charge is 0.319 e. The Balaban J connectivity index is 1.69. The molecule has 0 bridgehead atoms. The Kier molecular flexibility index (Phi) is 4.99. The molecule has 2 aliphatic heterocycles. The van der Waals surface area contributed by atoms with Crippen LogP contribution in [0.2, 0.25) is 0 Å². The highest BCUT2D eigenvalue weighted by Crippen LogP contribution is 2.35. The topological polar surface area (TPSA) is 95.1 Å². The van der Waals surface area contributed by atoms with Gasteiger partial charge in [-0.2, -0.15) is 0 Å². The monoisotopic (exact) mass is 396 g/mol. The van der Waals surface area contributed by atoms with Crippen LogP contribution in [0.4, 0.5) is 4.79 Å². The molecule has 0 aromatic heterocycles. The molecule has 8 heteroatoms. The fourth-order valence-electron chi connectivity index (χ4n) is 3.32. The first-order valence-corrected chi connectivity index (χ1v) is 9.04. The summed E-state index contributed by atoms with van der Waals surface area (Å²) >= 11 is 0. The molecule has 2 aromatic rings. The number of urea groups is 1. The van der Waals surface area contributed by atoms with Gasteiger partial charge < -0.3 is 29.6 Å². The quantitative estimate of drug-likeness (QED) is 0.755. The summed E-state index contributed by atoms with van der Waals surface area (Å²) < 4.78 is 21.7. The van der Waals surface area contributed by atoms with Crippen molar-refractivity contribution in [3.8, 4) is 23.0 Å².